The van der Waals surface area contributed by atoms with Crippen molar-refractivity contribution in [3.8, 4) is 0 Å². The number of aryl methyl sites for hydroxylation is 2. The zero-order chi connectivity index (χ0) is 24.8. The highest BCUT2D eigenvalue weighted by Gasteiger charge is 2.14. The van der Waals surface area contributed by atoms with E-state index in [1.165, 1.54) is 15.6 Å². The number of aromatic nitrogens is 4. The van der Waals surface area contributed by atoms with E-state index in [1.807, 2.05) is 0 Å². The third-order valence-corrected chi connectivity index (χ3v) is 6.28. The molecule has 2 aromatic heterocycles. The molecule has 0 spiro atoms. The van der Waals surface area contributed by atoms with Crippen molar-refractivity contribution in [3.05, 3.63) is 27.2 Å². The Morgan fingerprint density at radius 2 is 1.68 bits per heavy atom. The van der Waals surface area contributed by atoms with E-state index in [1.54, 1.807) is 25.0 Å². The molecule has 9 nitrogen and oxygen atoms in total. The normalized spacial score (nSPS) is 12.6. The minimum absolute atomic E-state index is 0.258. The van der Waals surface area contributed by atoms with E-state index in [4.69, 9.17) is 4.74 Å². The summed E-state index contributed by atoms with van der Waals surface area (Å²) in [7, 11) is 3.43. The molecule has 9 heteroatoms. The van der Waals surface area contributed by atoms with Crippen LogP contribution in [0.25, 0.3) is 11.2 Å². The maximum absolute atomic E-state index is 12.7. The lowest BCUT2D eigenvalue weighted by molar-refractivity contribution is 0.125. The number of imidazole rings is 1. The van der Waals surface area contributed by atoms with Gasteiger partial charge in [-0.2, -0.15) is 0 Å². The second-order valence-electron chi connectivity index (χ2n) is 9.27. The van der Waals surface area contributed by atoms with Gasteiger partial charge in [-0.25, -0.2) is 9.78 Å². The number of hydrogen-bond donors (Lipinski definition) is 2. The Hall–Kier alpha value is -1.97. The minimum atomic E-state index is -0.301. The molecule has 1 unspecified atom stereocenters. The summed E-state index contributed by atoms with van der Waals surface area (Å²) in [5.74, 6) is 0. The van der Waals surface area contributed by atoms with Crippen LogP contribution in [0.2, 0.25) is 0 Å². The van der Waals surface area contributed by atoms with Crippen LogP contribution in [-0.4, -0.2) is 56.2 Å². The number of aliphatic hydroxyl groups is 1. The lowest BCUT2D eigenvalue weighted by Crippen LogP contribution is -2.39. The molecule has 0 aliphatic carbocycles. The molecule has 0 bridgehead atoms. The molecule has 2 N–H and O–H groups in total. The summed E-state index contributed by atoms with van der Waals surface area (Å²) in [5.41, 5.74) is 0.342. The molecule has 0 saturated heterocycles. The van der Waals surface area contributed by atoms with Gasteiger partial charge in [0.2, 0.25) is 0 Å². The molecule has 34 heavy (non-hydrogen) atoms. The summed E-state index contributed by atoms with van der Waals surface area (Å²) in [4.78, 5) is 29.3. The van der Waals surface area contributed by atoms with Gasteiger partial charge < -0.3 is 19.7 Å². The fourth-order valence-electron chi connectivity index (χ4n) is 4.15. The molecule has 0 aromatic carbocycles. The third kappa shape index (κ3) is 9.00. The Labute approximate surface area is 203 Å². The van der Waals surface area contributed by atoms with Crippen LogP contribution in [0.15, 0.2) is 15.9 Å². The Morgan fingerprint density at radius 1 is 1.00 bits per heavy atom. The highest BCUT2D eigenvalue weighted by atomic mass is 16.5. The summed E-state index contributed by atoms with van der Waals surface area (Å²) < 4.78 is 9.98. The third-order valence-electron chi connectivity index (χ3n) is 6.28. The summed E-state index contributed by atoms with van der Waals surface area (Å²) in [5, 5.41) is 13.4. The van der Waals surface area contributed by atoms with Crippen molar-refractivity contribution in [2.45, 2.75) is 90.2 Å². The first-order chi connectivity index (χ1) is 16.5. The highest BCUT2D eigenvalue weighted by molar-refractivity contribution is 5.69. The van der Waals surface area contributed by atoms with Crippen molar-refractivity contribution in [1.82, 2.24) is 24.0 Å². The fraction of sp³-hybridized carbons (Fsp3) is 0.800. The number of aliphatic hydroxyl groups excluding tert-OH is 1. The average molecular weight is 480 g/mol. The van der Waals surface area contributed by atoms with E-state index >= 15 is 0 Å². The number of rotatable bonds is 19. The van der Waals surface area contributed by atoms with Crippen LogP contribution in [0.1, 0.15) is 77.6 Å². The van der Waals surface area contributed by atoms with Crippen LogP contribution in [0.4, 0.5) is 0 Å². The number of fused-ring (bicyclic) bond motifs is 1. The first kappa shape index (κ1) is 28.3. The van der Waals surface area contributed by atoms with Gasteiger partial charge in [-0.05, 0) is 32.2 Å². The topological polar surface area (TPSA) is 103 Å². The molecule has 0 fully saturated rings. The number of unbranched alkanes of at least 4 members (excludes halogenated alkanes) is 7. The van der Waals surface area contributed by atoms with Crippen molar-refractivity contribution < 1.29 is 9.84 Å². The van der Waals surface area contributed by atoms with Crippen LogP contribution in [0.3, 0.4) is 0 Å². The molecule has 2 heterocycles. The lowest BCUT2D eigenvalue weighted by atomic mass is 10.1. The molecule has 0 aliphatic heterocycles. The molecule has 1 atom stereocenters. The predicted octanol–water partition coefficient (Wildman–Crippen LogP) is 2.71. The van der Waals surface area contributed by atoms with Crippen molar-refractivity contribution in [2.75, 3.05) is 26.3 Å². The number of hydrogen-bond acceptors (Lipinski definition) is 6. The van der Waals surface area contributed by atoms with Crippen LogP contribution >= 0.6 is 0 Å². The van der Waals surface area contributed by atoms with E-state index in [2.05, 4.69) is 17.2 Å². The van der Waals surface area contributed by atoms with Crippen molar-refractivity contribution in [1.29, 1.82) is 0 Å². The SMILES string of the molecule is CCCCOCCCNCC(O)CCCCCCCCCn1c(=O)c2c(ncn2C)n(C)c1=O. The highest BCUT2D eigenvalue weighted by Crippen LogP contribution is 2.10. The smallest absolute Gasteiger partial charge is 0.332 e. The number of nitrogens with one attached hydrogen (secondary N) is 1. The van der Waals surface area contributed by atoms with E-state index in [0.29, 0.717) is 24.3 Å². The number of nitrogens with zero attached hydrogens (tertiary/aromatic N) is 4. The van der Waals surface area contributed by atoms with Crippen LogP contribution in [0.5, 0.6) is 0 Å². The van der Waals surface area contributed by atoms with Crippen molar-refractivity contribution >= 4 is 11.2 Å². The summed E-state index contributed by atoms with van der Waals surface area (Å²) >= 11 is 0. The van der Waals surface area contributed by atoms with Gasteiger partial charge in [-0.3, -0.25) is 13.9 Å². The average Bonchev–Trinajstić information content (AvgIpc) is 3.21. The fourth-order valence-corrected chi connectivity index (χ4v) is 4.15. The minimum Gasteiger partial charge on any atom is -0.392 e. The Morgan fingerprint density at radius 3 is 2.41 bits per heavy atom. The zero-order valence-corrected chi connectivity index (χ0v) is 21.4. The predicted molar refractivity (Wildman–Crippen MR) is 136 cm³/mol. The second kappa shape index (κ2) is 15.8. The summed E-state index contributed by atoms with van der Waals surface area (Å²) in [6, 6.07) is 0. The molecule has 194 valence electrons. The maximum atomic E-state index is 12.7. The van der Waals surface area contributed by atoms with E-state index in [0.717, 1.165) is 84.0 Å². The molecule has 0 aliphatic rings. The first-order valence-corrected chi connectivity index (χ1v) is 13.0. The van der Waals surface area contributed by atoms with E-state index in [-0.39, 0.29) is 17.4 Å². The molecule has 0 saturated carbocycles. The Kier molecular flexibility index (Phi) is 13.2. The van der Waals surface area contributed by atoms with Gasteiger partial charge >= 0.3 is 5.69 Å². The molecule has 0 amide bonds. The van der Waals surface area contributed by atoms with Crippen LogP contribution in [0, 0.1) is 0 Å². The second-order valence-corrected chi connectivity index (χ2v) is 9.27. The van der Waals surface area contributed by atoms with Crippen LogP contribution in [-0.2, 0) is 25.4 Å². The molecule has 2 aromatic rings. The summed E-state index contributed by atoms with van der Waals surface area (Å²) in [6.07, 6.45) is 12.7. The van der Waals surface area contributed by atoms with Gasteiger partial charge in [-0.15, -0.1) is 0 Å². The molecule has 0 radical (unpaired) electrons. The maximum Gasteiger partial charge on any atom is 0.332 e. The number of ether oxygens (including phenoxy) is 1. The van der Waals surface area contributed by atoms with Gasteiger partial charge in [0.15, 0.2) is 11.2 Å². The van der Waals surface area contributed by atoms with E-state index < -0.39 is 0 Å². The van der Waals surface area contributed by atoms with Gasteiger partial charge in [0.1, 0.15) is 0 Å². The quantitative estimate of drug-likeness (QED) is 0.300. The monoisotopic (exact) mass is 479 g/mol. The lowest BCUT2D eigenvalue weighted by Gasteiger charge is -2.12. The first-order valence-electron chi connectivity index (χ1n) is 13.0. The largest absolute Gasteiger partial charge is 0.392 e. The zero-order valence-electron chi connectivity index (χ0n) is 21.4. The van der Waals surface area contributed by atoms with Crippen molar-refractivity contribution in [3.63, 3.8) is 0 Å². The molecular weight excluding hydrogens is 434 g/mol. The van der Waals surface area contributed by atoms with Crippen LogP contribution < -0.4 is 16.6 Å². The van der Waals surface area contributed by atoms with Gasteiger partial charge in [0.25, 0.3) is 5.56 Å². The molecule has 2 rings (SSSR count). The van der Waals surface area contributed by atoms with Gasteiger partial charge in [0.05, 0.1) is 12.4 Å². The Bertz CT molecular complexity index is 949. The van der Waals surface area contributed by atoms with Gasteiger partial charge in [0, 0.05) is 40.4 Å². The Balaban J connectivity index is 1.49. The van der Waals surface area contributed by atoms with Gasteiger partial charge in [-0.1, -0.05) is 51.9 Å². The molecular formula is C25H45N5O4. The van der Waals surface area contributed by atoms with E-state index in [9.17, 15) is 14.7 Å². The standard InChI is InChI=1S/C25H45N5O4/c1-4-5-17-34-18-13-15-26-19-21(31)14-11-9-7-6-8-10-12-16-30-24(32)22-23(27-20-28(22)2)29(3)25(30)33/h20-21,26,31H,4-19H2,1-3H3. The summed E-state index contributed by atoms with van der Waals surface area (Å²) in [6.45, 7) is 5.78. The van der Waals surface area contributed by atoms with Crippen molar-refractivity contribution in [2.24, 2.45) is 14.1 Å².